The second-order valence-corrected chi connectivity index (χ2v) is 5.05. The van der Waals surface area contributed by atoms with Gasteiger partial charge in [0.05, 0.1) is 12.1 Å². The van der Waals surface area contributed by atoms with Gasteiger partial charge in [0.25, 0.3) is 0 Å². The van der Waals surface area contributed by atoms with Crippen LogP contribution < -0.4 is 5.73 Å². The van der Waals surface area contributed by atoms with Gasteiger partial charge >= 0.3 is 0 Å². The van der Waals surface area contributed by atoms with E-state index >= 15 is 0 Å². The van der Waals surface area contributed by atoms with Gasteiger partial charge < -0.3 is 10.6 Å². The van der Waals surface area contributed by atoms with Gasteiger partial charge in [0.15, 0.2) is 5.96 Å². The lowest BCUT2D eigenvalue weighted by molar-refractivity contribution is 0.239. The summed E-state index contributed by atoms with van der Waals surface area (Å²) in [5, 5.41) is 0.660. The lowest BCUT2D eigenvalue weighted by Gasteiger charge is -2.36. The van der Waals surface area contributed by atoms with Gasteiger partial charge in [-0.15, -0.1) is 0 Å². The summed E-state index contributed by atoms with van der Waals surface area (Å²) in [7, 11) is 2.06. The topological polar surface area (TPSA) is 41.6 Å². The fourth-order valence-electron chi connectivity index (χ4n) is 2.08. The Kier molecular flexibility index (Phi) is 1.75. The summed E-state index contributed by atoms with van der Waals surface area (Å²) in [4.78, 5) is 6.47. The first kappa shape index (κ1) is 8.23. The molecule has 0 aromatic rings. The Morgan fingerprint density at radius 2 is 2.50 bits per heavy atom. The molecule has 68 valence electrons. The Morgan fingerprint density at radius 1 is 1.75 bits per heavy atom. The summed E-state index contributed by atoms with van der Waals surface area (Å²) in [6.07, 6.45) is 1.22. The first-order valence-corrected chi connectivity index (χ1v) is 5.37. The number of guanidine groups is 1. The van der Waals surface area contributed by atoms with Crippen molar-refractivity contribution in [2.75, 3.05) is 19.3 Å². The third-order valence-corrected chi connectivity index (χ3v) is 4.56. The van der Waals surface area contributed by atoms with E-state index in [9.17, 15) is 0 Å². The number of nitrogens with two attached hydrogens (primary N) is 1. The minimum atomic E-state index is 0.245. The van der Waals surface area contributed by atoms with E-state index in [-0.39, 0.29) is 5.54 Å². The second kappa shape index (κ2) is 2.55. The smallest absolute Gasteiger partial charge is 0.191 e. The van der Waals surface area contributed by atoms with Crippen molar-refractivity contribution < 1.29 is 0 Å². The molecule has 0 bridgehead atoms. The SMILES string of the molecule is CC1SCCC12CN=C(N)N2C. The van der Waals surface area contributed by atoms with Crippen LogP contribution in [0.15, 0.2) is 4.99 Å². The van der Waals surface area contributed by atoms with Crippen LogP contribution in [0.1, 0.15) is 13.3 Å². The van der Waals surface area contributed by atoms with Gasteiger partial charge in [-0.3, -0.25) is 4.99 Å². The number of nitrogens with zero attached hydrogens (tertiary/aromatic N) is 2. The second-order valence-electron chi connectivity index (χ2n) is 3.60. The number of hydrogen-bond acceptors (Lipinski definition) is 4. The Balaban J connectivity index is 2.24. The highest BCUT2D eigenvalue weighted by atomic mass is 32.2. The van der Waals surface area contributed by atoms with Gasteiger partial charge in [-0.05, 0) is 12.2 Å². The van der Waals surface area contributed by atoms with Crippen LogP contribution in [0.2, 0.25) is 0 Å². The van der Waals surface area contributed by atoms with Crippen molar-refractivity contribution in [3.8, 4) is 0 Å². The first-order chi connectivity index (χ1) is 5.67. The minimum absolute atomic E-state index is 0.245. The van der Waals surface area contributed by atoms with Crippen LogP contribution in [0, 0.1) is 0 Å². The summed E-state index contributed by atoms with van der Waals surface area (Å²) in [6, 6.07) is 0. The van der Waals surface area contributed by atoms with Crippen LogP contribution in [0.4, 0.5) is 0 Å². The lowest BCUT2D eigenvalue weighted by atomic mass is 9.92. The number of aliphatic imine (C=N–C) groups is 1. The molecule has 2 rings (SSSR count). The Morgan fingerprint density at radius 3 is 2.92 bits per heavy atom. The molecule has 0 radical (unpaired) electrons. The predicted molar refractivity (Wildman–Crippen MR) is 53.5 cm³/mol. The van der Waals surface area contributed by atoms with Gasteiger partial charge in [-0.25, -0.2) is 0 Å². The number of thioether (sulfide) groups is 1. The summed E-state index contributed by atoms with van der Waals surface area (Å²) in [6.45, 7) is 3.17. The Hall–Kier alpha value is -0.380. The maximum absolute atomic E-state index is 5.76. The molecule has 0 saturated carbocycles. The van der Waals surface area contributed by atoms with Crippen molar-refractivity contribution in [1.82, 2.24) is 4.90 Å². The van der Waals surface area contributed by atoms with Gasteiger partial charge in [-0.2, -0.15) is 11.8 Å². The molecule has 1 saturated heterocycles. The number of rotatable bonds is 0. The van der Waals surface area contributed by atoms with Crippen molar-refractivity contribution in [1.29, 1.82) is 0 Å². The molecule has 4 heteroatoms. The van der Waals surface area contributed by atoms with Crippen LogP contribution in [-0.4, -0.2) is 41.0 Å². The lowest BCUT2D eigenvalue weighted by Crippen LogP contribution is -2.52. The third-order valence-electron chi connectivity index (χ3n) is 3.19. The molecule has 0 aromatic carbocycles. The van der Waals surface area contributed by atoms with Crippen molar-refractivity contribution in [2.45, 2.75) is 24.1 Å². The highest BCUT2D eigenvalue weighted by molar-refractivity contribution is 8.00. The molecule has 0 aliphatic carbocycles. The highest BCUT2D eigenvalue weighted by Crippen LogP contribution is 2.41. The summed E-state index contributed by atoms with van der Waals surface area (Å²) >= 11 is 2.03. The largest absolute Gasteiger partial charge is 0.370 e. The van der Waals surface area contributed by atoms with Crippen LogP contribution in [0.25, 0.3) is 0 Å². The summed E-state index contributed by atoms with van der Waals surface area (Å²) in [5.74, 6) is 1.96. The molecule has 2 heterocycles. The van der Waals surface area contributed by atoms with Crippen molar-refractivity contribution in [3.05, 3.63) is 0 Å². The van der Waals surface area contributed by atoms with Crippen LogP contribution >= 0.6 is 11.8 Å². The van der Waals surface area contributed by atoms with Crippen LogP contribution in [0.3, 0.4) is 0 Å². The molecule has 2 aliphatic heterocycles. The van der Waals surface area contributed by atoms with E-state index < -0.39 is 0 Å². The average Bonchev–Trinajstić information content (AvgIpc) is 2.54. The van der Waals surface area contributed by atoms with Gasteiger partial charge in [0.2, 0.25) is 0 Å². The quantitative estimate of drug-likeness (QED) is 0.598. The molecule has 0 amide bonds. The van der Waals surface area contributed by atoms with Crippen molar-refractivity contribution in [3.63, 3.8) is 0 Å². The van der Waals surface area contributed by atoms with E-state index in [1.54, 1.807) is 0 Å². The summed E-state index contributed by atoms with van der Waals surface area (Å²) < 4.78 is 0. The van der Waals surface area contributed by atoms with E-state index in [4.69, 9.17) is 5.73 Å². The summed E-state index contributed by atoms with van der Waals surface area (Å²) in [5.41, 5.74) is 6.01. The van der Waals surface area contributed by atoms with E-state index in [1.165, 1.54) is 12.2 Å². The van der Waals surface area contributed by atoms with E-state index in [1.807, 2.05) is 11.8 Å². The third kappa shape index (κ3) is 0.873. The molecule has 3 nitrogen and oxygen atoms in total. The fourth-order valence-corrected chi connectivity index (χ4v) is 3.56. The van der Waals surface area contributed by atoms with Crippen LogP contribution in [0.5, 0.6) is 0 Å². The van der Waals surface area contributed by atoms with Gasteiger partial charge in [0, 0.05) is 12.3 Å². The average molecular weight is 185 g/mol. The maximum Gasteiger partial charge on any atom is 0.191 e. The highest BCUT2D eigenvalue weighted by Gasteiger charge is 2.47. The standard InChI is InChI=1S/C8H15N3S/c1-6-8(3-4-12-6)5-10-7(9)11(8)2/h6H,3-5H2,1-2H3,(H2,9,10). The van der Waals surface area contributed by atoms with E-state index in [0.717, 1.165) is 6.54 Å². The fraction of sp³-hybridized carbons (Fsp3) is 0.875. The van der Waals surface area contributed by atoms with Crippen LogP contribution in [-0.2, 0) is 0 Å². The van der Waals surface area contributed by atoms with Gasteiger partial charge in [-0.1, -0.05) is 6.92 Å². The zero-order chi connectivity index (χ0) is 8.77. The molecule has 0 aromatic heterocycles. The Labute approximate surface area is 77.4 Å². The molecule has 2 aliphatic rings. The molecular weight excluding hydrogens is 170 g/mol. The molecule has 2 atom stereocenters. The predicted octanol–water partition coefficient (Wildman–Crippen LogP) is 0.511. The maximum atomic E-state index is 5.76. The van der Waals surface area contributed by atoms with E-state index in [2.05, 4.69) is 23.9 Å². The number of likely N-dealkylation sites (N-methyl/N-ethyl adjacent to an activating group) is 1. The molecule has 1 spiro atoms. The van der Waals surface area contributed by atoms with Gasteiger partial charge in [0.1, 0.15) is 0 Å². The monoisotopic (exact) mass is 185 g/mol. The molecule has 2 unspecified atom stereocenters. The van der Waals surface area contributed by atoms with Crippen molar-refractivity contribution >= 4 is 17.7 Å². The molecule has 12 heavy (non-hydrogen) atoms. The zero-order valence-corrected chi connectivity index (χ0v) is 8.40. The van der Waals surface area contributed by atoms with Crippen molar-refractivity contribution in [2.24, 2.45) is 10.7 Å². The zero-order valence-electron chi connectivity index (χ0n) is 7.58. The minimum Gasteiger partial charge on any atom is -0.370 e. The number of hydrogen-bond donors (Lipinski definition) is 1. The van der Waals surface area contributed by atoms with E-state index in [0.29, 0.717) is 11.2 Å². The normalized spacial score (nSPS) is 41.0. The molecular formula is C8H15N3S. The molecule has 2 N–H and O–H groups in total. The molecule has 1 fully saturated rings. The first-order valence-electron chi connectivity index (χ1n) is 4.32. The Bertz CT molecular complexity index is 228.